The quantitative estimate of drug-likeness (QED) is 0.102. The Hall–Kier alpha value is -5.76. The molecular weight excluding hydrogens is 590 g/mol. The Kier molecular flexibility index (Phi) is 9.38. The second-order valence-corrected chi connectivity index (χ2v) is 12.0. The minimum absolute atomic E-state index is 0.116. The number of carboxylic acids is 1. The van der Waals surface area contributed by atoms with Crippen molar-refractivity contribution in [3.05, 3.63) is 144 Å². The van der Waals surface area contributed by atoms with Gasteiger partial charge in [-0.15, -0.1) is 0 Å². The van der Waals surface area contributed by atoms with Crippen molar-refractivity contribution in [3.8, 4) is 11.5 Å². The molecule has 0 aliphatic heterocycles. The number of fused-ring (bicyclic) bond motifs is 2. The first-order chi connectivity index (χ1) is 22.8. The van der Waals surface area contributed by atoms with Crippen molar-refractivity contribution in [2.45, 2.75) is 33.0 Å². The molecule has 0 bridgehead atoms. The van der Waals surface area contributed by atoms with E-state index in [-0.39, 0.29) is 12.5 Å². The molecule has 47 heavy (non-hydrogen) atoms. The molecule has 2 aromatic heterocycles. The summed E-state index contributed by atoms with van der Waals surface area (Å²) < 4.78 is 12.2. The monoisotopic (exact) mass is 625 g/mol. The zero-order valence-electron chi connectivity index (χ0n) is 26.2. The molecular formula is C39H35N3O5. The Bertz CT molecular complexity index is 1880. The lowest BCUT2D eigenvalue weighted by Gasteiger charge is -2.34. The Labute approximate surface area is 273 Å². The predicted molar refractivity (Wildman–Crippen MR) is 183 cm³/mol. The minimum atomic E-state index is -1.16. The van der Waals surface area contributed by atoms with E-state index in [1.807, 2.05) is 109 Å². The van der Waals surface area contributed by atoms with Crippen molar-refractivity contribution in [1.29, 1.82) is 0 Å². The van der Waals surface area contributed by atoms with Crippen LogP contribution in [0.4, 0.5) is 0 Å². The number of ether oxygens (including phenoxy) is 2. The molecule has 8 nitrogen and oxygen atoms in total. The van der Waals surface area contributed by atoms with E-state index in [1.165, 1.54) is 0 Å². The van der Waals surface area contributed by atoms with Crippen LogP contribution < -0.4 is 9.47 Å². The normalized spacial score (nSPS) is 11.7. The molecule has 0 unspecified atom stereocenters. The van der Waals surface area contributed by atoms with Crippen molar-refractivity contribution in [1.82, 2.24) is 9.97 Å². The van der Waals surface area contributed by atoms with Gasteiger partial charge < -0.3 is 19.4 Å². The van der Waals surface area contributed by atoms with Gasteiger partial charge in [-0.3, -0.25) is 0 Å². The standard InChI is InChI=1S/C39H35N3O5/c1-39(2,26-47-40-23-37(43)44)38(29-13-19-33(20-14-29)45-24-31-17-11-27-7-3-5-9-35(27)41-31)30-15-21-34(22-16-30)46-25-32-18-12-28-8-4-6-10-36(28)42-32/h3-23,38H,24-26H2,1-2H3,(H,43,44). The maximum absolute atomic E-state index is 10.9. The summed E-state index contributed by atoms with van der Waals surface area (Å²) in [5.74, 6) is 0.181. The molecule has 0 spiro atoms. The molecule has 0 atom stereocenters. The summed E-state index contributed by atoms with van der Waals surface area (Å²) in [5, 5.41) is 14.7. The van der Waals surface area contributed by atoms with E-state index < -0.39 is 11.4 Å². The van der Waals surface area contributed by atoms with Gasteiger partial charge in [0, 0.05) is 22.1 Å². The third-order valence-corrected chi connectivity index (χ3v) is 7.97. The maximum atomic E-state index is 10.9. The Morgan fingerprint density at radius 2 is 1.17 bits per heavy atom. The molecule has 2 heterocycles. The molecule has 6 aromatic rings. The first-order valence-corrected chi connectivity index (χ1v) is 15.4. The van der Waals surface area contributed by atoms with Crippen molar-refractivity contribution in [2.75, 3.05) is 6.61 Å². The van der Waals surface area contributed by atoms with E-state index in [0.29, 0.717) is 13.2 Å². The molecule has 0 saturated heterocycles. The topological polar surface area (TPSA) is 103 Å². The summed E-state index contributed by atoms with van der Waals surface area (Å²) >= 11 is 0. The van der Waals surface area contributed by atoms with Gasteiger partial charge in [0.1, 0.15) is 31.3 Å². The van der Waals surface area contributed by atoms with Crippen molar-refractivity contribution in [3.63, 3.8) is 0 Å². The largest absolute Gasteiger partial charge is 0.487 e. The number of hydrogen-bond acceptors (Lipinski definition) is 7. The summed E-state index contributed by atoms with van der Waals surface area (Å²) in [6.45, 7) is 5.04. The Balaban J connectivity index is 1.18. The molecule has 236 valence electrons. The van der Waals surface area contributed by atoms with Gasteiger partial charge in [-0.05, 0) is 59.7 Å². The number of benzene rings is 4. The van der Waals surface area contributed by atoms with Crippen molar-refractivity contribution < 1.29 is 24.2 Å². The second kappa shape index (κ2) is 14.1. The molecule has 8 heteroatoms. The SMILES string of the molecule is CC(C)(CON=CC(=O)O)C(c1ccc(OCc2ccc3ccccc3n2)cc1)c1ccc(OCc2ccc3ccccc3n2)cc1. The average Bonchev–Trinajstić information content (AvgIpc) is 3.09. The zero-order chi connectivity index (χ0) is 32.6. The fraction of sp³-hybridized carbons (Fsp3) is 0.179. The lowest BCUT2D eigenvalue weighted by Crippen LogP contribution is -2.28. The van der Waals surface area contributed by atoms with Crippen LogP contribution >= 0.6 is 0 Å². The highest BCUT2D eigenvalue weighted by molar-refractivity contribution is 6.21. The van der Waals surface area contributed by atoms with Crippen LogP contribution in [0.2, 0.25) is 0 Å². The number of pyridine rings is 2. The van der Waals surface area contributed by atoms with Gasteiger partial charge >= 0.3 is 5.97 Å². The third-order valence-electron chi connectivity index (χ3n) is 7.97. The second-order valence-electron chi connectivity index (χ2n) is 12.0. The minimum Gasteiger partial charge on any atom is -0.487 e. The van der Waals surface area contributed by atoms with Gasteiger partial charge in [0.25, 0.3) is 0 Å². The van der Waals surface area contributed by atoms with Crippen LogP contribution in [0, 0.1) is 5.41 Å². The van der Waals surface area contributed by atoms with Crippen LogP contribution in [-0.2, 0) is 22.8 Å². The summed E-state index contributed by atoms with van der Waals surface area (Å²) in [6, 6.07) is 40.1. The summed E-state index contributed by atoms with van der Waals surface area (Å²) in [4.78, 5) is 25.8. The number of oxime groups is 1. The Morgan fingerprint density at radius 1 is 0.702 bits per heavy atom. The lowest BCUT2D eigenvalue weighted by atomic mass is 9.71. The lowest BCUT2D eigenvalue weighted by molar-refractivity contribution is -0.129. The van der Waals surface area contributed by atoms with E-state index in [4.69, 9.17) is 29.4 Å². The fourth-order valence-electron chi connectivity index (χ4n) is 5.67. The van der Waals surface area contributed by atoms with E-state index in [1.54, 1.807) is 0 Å². The number of carboxylic acid groups (broad SMARTS) is 1. The molecule has 0 radical (unpaired) electrons. The molecule has 6 rings (SSSR count). The van der Waals surface area contributed by atoms with Crippen LogP contribution in [0.3, 0.4) is 0 Å². The van der Waals surface area contributed by atoms with Gasteiger partial charge in [-0.1, -0.05) is 91.8 Å². The van der Waals surface area contributed by atoms with Crippen LogP contribution in [0.1, 0.15) is 42.3 Å². The maximum Gasteiger partial charge on any atom is 0.350 e. The molecule has 0 aliphatic rings. The van der Waals surface area contributed by atoms with Gasteiger partial charge in [0.05, 0.1) is 22.4 Å². The molecule has 0 aliphatic carbocycles. The first kappa shape index (κ1) is 31.2. The summed E-state index contributed by atoms with van der Waals surface area (Å²) in [5.41, 5.74) is 5.20. The number of hydrogen-bond donors (Lipinski definition) is 1. The molecule has 1 N–H and O–H groups in total. The summed E-state index contributed by atoms with van der Waals surface area (Å²) in [6.07, 6.45) is 0.748. The van der Waals surface area contributed by atoms with Crippen LogP contribution in [0.15, 0.2) is 126 Å². The fourth-order valence-corrected chi connectivity index (χ4v) is 5.67. The third kappa shape index (κ3) is 7.91. The van der Waals surface area contributed by atoms with Gasteiger partial charge in [0.2, 0.25) is 0 Å². The molecule has 0 saturated carbocycles. The highest BCUT2D eigenvalue weighted by Crippen LogP contribution is 2.42. The number of rotatable bonds is 13. The van der Waals surface area contributed by atoms with Crippen LogP contribution in [0.25, 0.3) is 21.8 Å². The van der Waals surface area contributed by atoms with E-state index >= 15 is 0 Å². The number of carbonyl (C=O) groups is 1. The summed E-state index contributed by atoms with van der Waals surface area (Å²) in [7, 11) is 0. The molecule has 0 fully saturated rings. The van der Waals surface area contributed by atoms with Gasteiger partial charge in [-0.2, -0.15) is 0 Å². The molecule has 4 aromatic carbocycles. The first-order valence-electron chi connectivity index (χ1n) is 15.4. The highest BCUT2D eigenvalue weighted by Gasteiger charge is 2.33. The average molecular weight is 626 g/mol. The number of aliphatic carboxylic acids is 1. The van der Waals surface area contributed by atoms with Crippen LogP contribution in [0.5, 0.6) is 11.5 Å². The predicted octanol–water partition coefficient (Wildman–Crippen LogP) is 8.19. The number of nitrogens with zero attached hydrogens (tertiary/aromatic N) is 3. The Morgan fingerprint density at radius 3 is 1.64 bits per heavy atom. The van der Waals surface area contributed by atoms with Crippen LogP contribution in [-0.4, -0.2) is 33.9 Å². The van der Waals surface area contributed by atoms with E-state index in [0.717, 1.165) is 62.0 Å². The number of para-hydroxylation sites is 2. The van der Waals surface area contributed by atoms with Crippen molar-refractivity contribution in [2.24, 2.45) is 10.6 Å². The van der Waals surface area contributed by atoms with Gasteiger partial charge in [0.15, 0.2) is 6.21 Å². The highest BCUT2D eigenvalue weighted by atomic mass is 16.6. The number of aromatic nitrogens is 2. The smallest absolute Gasteiger partial charge is 0.350 e. The molecule has 0 amide bonds. The zero-order valence-corrected chi connectivity index (χ0v) is 26.2. The van der Waals surface area contributed by atoms with E-state index in [2.05, 4.69) is 31.1 Å². The van der Waals surface area contributed by atoms with Crippen molar-refractivity contribution >= 4 is 34.0 Å². The van der Waals surface area contributed by atoms with E-state index in [9.17, 15) is 4.79 Å². The van der Waals surface area contributed by atoms with Gasteiger partial charge in [-0.25, -0.2) is 14.8 Å².